The van der Waals surface area contributed by atoms with Crippen LogP contribution in [0.4, 0.5) is 5.69 Å². The molecule has 18 heavy (non-hydrogen) atoms. The zero-order chi connectivity index (χ0) is 13.7. The molecule has 0 aromatic carbocycles. The van der Waals surface area contributed by atoms with Crippen molar-refractivity contribution in [2.24, 2.45) is 0 Å². The Kier molecular flexibility index (Phi) is 5.81. The van der Waals surface area contributed by atoms with E-state index in [4.69, 9.17) is 11.6 Å². The largest absolute Gasteiger partial charge is 0.380 e. The molecular formula is C11H18ClN3O2S. The molecule has 0 fully saturated rings. The Morgan fingerprint density at radius 2 is 2.28 bits per heavy atom. The van der Waals surface area contributed by atoms with Crippen LogP contribution in [0.2, 0.25) is 5.02 Å². The Morgan fingerprint density at radius 3 is 2.83 bits per heavy atom. The van der Waals surface area contributed by atoms with Crippen LogP contribution in [0, 0.1) is 0 Å². The van der Waals surface area contributed by atoms with Crippen molar-refractivity contribution in [1.29, 1.82) is 0 Å². The van der Waals surface area contributed by atoms with E-state index in [0.717, 1.165) is 6.42 Å². The van der Waals surface area contributed by atoms with Gasteiger partial charge in [-0.3, -0.25) is 9.00 Å². The number of rotatable bonds is 6. The van der Waals surface area contributed by atoms with E-state index < -0.39 is 10.8 Å². The zero-order valence-electron chi connectivity index (χ0n) is 10.8. The van der Waals surface area contributed by atoms with Crippen LogP contribution in [-0.4, -0.2) is 32.0 Å². The molecule has 0 amide bonds. The lowest BCUT2D eigenvalue weighted by molar-refractivity contribution is 0.615. The summed E-state index contributed by atoms with van der Waals surface area (Å²) in [7, 11) is -0.813. The van der Waals surface area contributed by atoms with Crippen molar-refractivity contribution in [3.63, 3.8) is 0 Å². The average Bonchev–Trinajstić information content (AvgIpc) is 2.33. The van der Waals surface area contributed by atoms with Gasteiger partial charge >= 0.3 is 0 Å². The number of aryl methyl sites for hydroxylation is 1. The molecule has 0 radical (unpaired) electrons. The van der Waals surface area contributed by atoms with E-state index in [1.54, 1.807) is 12.5 Å². The summed E-state index contributed by atoms with van der Waals surface area (Å²) in [6.07, 6.45) is 3.96. The summed E-state index contributed by atoms with van der Waals surface area (Å²) in [4.78, 5) is 11.7. The van der Waals surface area contributed by atoms with Gasteiger partial charge in [-0.15, -0.1) is 0 Å². The first-order valence-corrected chi connectivity index (χ1v) is 7.88. The first kappa shape index (κ1) is 15.2. The normalized spacial score (nSPS) is 14.2. The number of nitrogens with zero attached hydrogens (tertiary/aromatic N) is 2. The lowest BCUT2D eigenvalue weighted by Crippen LogP contribution is -2.25. The zero-order valence-corrected chi connectivity index (χ0v) is 12.3. The van der Waals surface area contributed by atoms with Crippen molar-refractivity contribution in [2.45, 2.75) is 32.9 Å². The number of hydrogen-bond donors (Lipinski definition) is 1. The van der Waals surface area contributed by atoms with Crippen LogP contribution in [0.5, 0.6) is 0 Å². The molecule has 1 rings (SSSR count). The maximum absolute atomic E-state index is 11.7. The lowest BCUT2D eigenvalue weighted by atomic mass is 10.2. The van der Waals surface area contributed by atoms with Crippen LogP contribution in [0.15, 0.2) is 11.0 Å². The van der Waals surface area contributed by atoms with Gasteiger partial charge in [-0.2, -0.15) is 5.10 Å². The monoisotopic (exact) mass is 291 g/mol. The van der Waals surface area contributed by atoms with Gasteiger partial charge in [-0.1, -0.05) is 11.6 Å². The maximum atomic E-state index is 11.7. The summed E-state index contributed by atoms with van der Waals surface area (Å²) in [6.45, 7) is 4.27. The summed E-state index contributed by atoms with van der Waals surface area (Å²) in [6, 6.07) is 0.0880. The number of halogens is 1. The predicted molar refractivity (Wildman–Crippen MR) is 75.8 cm³/mol. The maximum Gasteiger partial charge on any atom is 0.287 e. The van der Waals surface area contributed by atoms with E-state index in [1.165, 1.54) is 4.68 Å². The van der Waals surface area contributed by atoms with Crippen molar-refractivity contribution in [1.82, 2.24) is 9.78 Å². The Balaban J connectivity index is 2.76. The highest BCUT2D eigenvalue weighted by Crippen LogP contribution is 2.17. The standard InChI is InChI=1S/C11H18ClN3O2S/c1-4-15-11(16)10(12)9(7-13-15)14-8(2)5-6-18(3)17/h7-8,14H,4-6H2,1-3H3. The van der Waals surface area contributed by atoms with E-state index in [-0.39, 0.29) is 16.6 Å². The van der Waals surface area contributed by atoms with Crippen molar-refractivity contribution >= 4 is 28.1 Å². The molecule has 102 valence electrons. The van der Waals surface area contributed by atoms with Crippen LogP contribution in [0.1, 0.15) is 20.3 Å². The summed E-state index contributed by atoms with van der Waals surface area (Å²) >= 11 is 5.99. The molecule has 0 saturated heterocycles. The van der Waals surface area contributed by atoms with Gasteiger partial charge < -0.3 is 5.32 Å². The molecule has 0 bridgehead atoms. The van der Waals surface area contributed by atoms with Crippen molar-refractivity contribution in [3.05, 3.63) is 21.6 Å². The second kappa shape index (κ2) is 6.89. The van der Waals surface area contributed by atoms with Gasteiger partial charge in [0.05, 0.1) is 11.9 Å². The summed E-state index contributed by atoms with van der Waals surface area (Å²) in [5.41, 5.74) is 0.233. The van der Waals surface area contributed by atoms with E-state index in [2.05, 4.69) is 10.4 Å². The van der Waals surface area contributed by atoms with Crippen molar-refractivity contribution < 1.29 is 4.21 Å². The highest BCUT2D eigenvalue weighted by Gasteiger charge is 2.11. The molecule has 0 aliphatic rings. The Hall–Kier alpha value is -0.880. The molecule has 0 aliphatic heterocycles. The van der Waals surface area contributed by atoms with Gasteiger partial charge in [0.2, 0.25) is 0 Å². The predicted octanol–water partition coefficient (Wildman–Crippen LogP) is 1.49. The van der Waals surface area contributed by atoms with Gasteiger partial charge in [0.25, 0.3) is 5.56 Å². The van der Waals surface area contributed by atoms with Crippen molar-refractivity contribution in [2.75, 3.05) is 17.3 Å². The summed E-state index contributed by atoms with van der Waals surface area (Å²) in [5, 5.41) is 7.27. The van der Waals surface area contributed by atoms with Gasteiger partial charge in [0.1, 0.15) is 5.02 Å². The second-order valence-corrected chi connectivity index (χ2v) is 6.04. The van der Waals surface area contributed by atoms with E-state index in [9.17, 15) is 9.00 Å². The van der Waals surface area contributed by atoms with Crippen LogP contribution >= 0.6 is 11.6 Å². The SMILES string of the molecule is CCn1ncc(NC(C)CCS(C)=O)c(Cl)c1=O. The minimum Gasteiger partial charge on any atom is -0.380 e. The molecule has 1 heterocycles. The highest BCUT2D eigenvalue weighted by atomic mass is 35.5. The fourth-order valence-electron chi connectivity index (χ4n) is 1.47. The topological polar surface area (TPSA) is 64.0 Å². The summed E-state index contributed by atoms with van der Waals surface area (Å²) in [5.74, 6) is 0.616. The number of anilines is 1. The first-order valence-electron chi connectivity index (χ1n) is 5.77. The average molecular weight is 292 g/mol. The highest BCUT2D eigenvalue weighted by molar-refractivity contribution is 7.84. The molecule has 5 nitrogen and oxygen atoms in total. The first-order chi connectivity index (χ1) is 8.45. The number of nitrogens with one attached hydrogen (secondary N) is 1. The third-order valence-corrected chi connectivity index (χ3v) is 3.70. The van der Waals surface area contributed by atoms with E-state index in [1.807, 2.05) is 13.8 Å². The molecule has 0 saturated carbocycles. The van der Waals surface area contributed by atoms with E-state index >= 15 is 0 Å². The van der Waals surface area contributed by atoms with Crippen LogP contribution in [0.25, 0.3) is 0 Å². The molecule has 7 heteroatoms. The van der Waals surface area contributed by atoms with Crippen LogP contribution in [-0.2, 0) is 17.3 Å². The number of hydrogen-bond acceptors (Lipinski definition) is 4. The molecule has 2 atom stereocenters. The third kappa shape index (κ3) is 4.10. The number of aromatic nitrogens is 2. The van der Waals surface area contributed by atoms with Crippen LogP contribution in [0.3, 0.4) is 0 Å². The Bertz CT molecular complexity index is 490. The minimum atomic E-state index is -0.813. The molecule has 2 unspecified atom stereocenters. The third-order valence-electron chi connectivity index (χ3n) is 2.52. The second-order valence-electron chi connectivity index (χ2n) is 4.10. The minimum absolute atomic E-state index is 0.0880. The molecular weight excluding hydrogens is 274 g/mol. The molecule has 1 N–H and O–H groups in total. The Morgan fingerprint density at radius 1 is 1.61 bits per heavy atom. The van der Waals surface area contributed by atoms with Gasteiger partial charge in [-0.25, -0.2) is 4.68 Å². The van der Waals surface area contributed by atoms with E-state index in [0.29, 0.717) is 18.0 Å². The van der Waals surface area contributed by atoms with Crippen LogP contribution < -0.4 is 10.9 Å². The smallest absolute Gasteiger partial charge is 0.287 e. The molecule has 1 aromatic heterocycles. The lowest BCUT2D eigenvalue weighted by Gasteiger charge is -2.15. The fourth-order valence-corrected chi connectivity index (χ4v) is 2.36. The van der Waals surface area contributed by atoms with Gasteiger partial charge in [0.15, 0.2) is 0 Å². The molecule has 0 aliphatic carbocycles. The summed E-state index contributed by atoms with van der Waals surface area (Å²) < 4.78 is 12.3. The Labute approximate surface area is 114 Å². The molecule has 1 aromatic rings. The van der Waals surface area contributed by atoms with Gasteiger partial charge in [0, 0.05) is 35.4 Å². The van der Waals surface area contributed by atoms with Gasteiger partial charge in [-0.05, 0) is 20.3 Å². The molecule has 0 spiro atoms. The quantitative estimate of drug-likeness (QED) is 0.862. The fraction of sp³-hybridized carbons (Fsp3) is 0.636. The van der Waals surface area contributed by atoms with Crippen molar-refractivity contribution in [3.8, 4) is 0 Å².